The molecule has 0 N–H and O–H groups in total. The van der Waals surface area contributed by atoms with Crippen molar-refractivity contribution in [3.05, 3.63) is 57.6 Å². The first-order chi connectivity index (χ1) is 10.1. The highest BCUT2D eigenvalue weighted by Gasteiger charge is 2.21. The Bertz CT molecular complexity index is 722. The topological polar surface area (TPSA) is 35.5 Å². The van der Waals surface area contributed by atoms with Gasteiger partial charge in [0.05, 0.1) is 5.02 Å². The fraction of sp³-hybridized carbons (Fsp3) is 0.235. The molecule has 0 aromatic heterocycles. The van der Waals surface area contributed by atoms with Crippen LogP contribution in [-0.2, 0) is 0 Å². The Kier molecular flexibility index (Phi) is 3.60. The summed E-state index contributed by atoms with van der Waals surface area (Å²) >= 11 is 6.24. The van der Waals surface area contributed by atoms with Gasteiger partial charge in [0.1, 0.15) is 13.2 Å². The molecule has 0 saturated heterocycles. The van der Waals surface area contributed by atoms with E-state index in [9.17, 15) is 4.79 Å². The molecule has 4 heteroatoms. The molecule has 1 heterocycles. The highest BCUT2D eigenvalue weighted by atomic mass is 35.5. The summed E-state index contributed by atoms with van der Waals surface area (Å²) in [5.74, 6) is 1.06. The first kappa shape index (κ1) is 14.0. The third-order valence-corrected chi connectivity index (χ3v) is 3.83. The second-order valence-corrected chi connectivity index (χ2v) is 5.53. The number of hydrogen-bond donors (Lipinski definition) is 0. The van der Waals surface area contributed by atoms with Crippen molar-refractivity contribution in [2.45, 2.75) is 13.8 Å². The van der Waals surface area contributed by atoms with E-state index in [0.29, 0.717) is 40.9 Å². The number of ether oxygens (including phenoxy) is 2. The molecule has 0 spiro atoms. The number of halogens is 1. The van der Waals surface area contributed by atoms with Crippen molar-refractivity contribution in [2.24, 2.45) is 0 Å². The summed E-state index contributed by atoms with van der Waals surface area (Å²) in [6.07, 6.45) is 0. The van der Waals surface area contributed by atoms with E-state index in [-0.39, 0.29) is 5.78 Å². The number of carbonyl (C=O) groups excluding carboxylic acids is 1. The fourth-order valence-corrected chi connectivity index (χ4v) is 2.60. The maximum absolute atomic E-state index is 12.7. The number of hydrogen-bond acceptors (Lipinski definition) is 3. The highest BCUT2D eigenvalue weighted by molar-refractivity contribution is 6.35. The van der Waals surface area contributed by atoms with E-state index in [1.165, 1.54) is 0 Å². The maximum atomic E-state index is 12.7. The zero-order valence-electron chi connectivity index (χ0n) is 11.9. The molecule has 1 aliphatic rings. The fourth-order valence-electron chi connectivity index (χ4n) is 2.36. The van der Waals surface area contributed by atoms with Gasteiger partial charge in [-0.05, 0) is 31.5 Å². The number of rotatable bonds is 2. The monoisotopic (exact) mass is 302 g/mol. The average molecular weight is 303 g/mol. The van der Waals surface area contributed by atoms with Crippen molar-refractivity contribution < 1.29 is 14.3 Å². The summed E-state index contributed by atoms with van der Waals surface area (Å²) in [5.41, 5.74) is 3.07. The molecule has 0 unspecified atom stereocenters. The van der Waals surface area contributed by atoms with Crippen molar-refractivity contribution in [2.75, 3.05) is 13.2 Å². The van der Waals surface area contributed by atoms with Gasteiger partial charge in [0.2, 0.25) is 0 Å². The van der Waals surface area contributed by atoms with Gasteiger partial charge in [-0.2, -0.15) is 0 Å². The van der Waals surface area contributed by atoms with Gasteiger partial charge in [-0.1, -0.05) is 29.3 Å². The summed E-state index contributed by atoms with van der Waals surface area (Å²) in [6, 6.07) is 9.12. The maximum Gasteiger partial charge on any atom is 0.194 e. The molecule has 0 saturated carbocycles. The van der Waals surface area contributed by atoms with Crippen molar-refractivity contribution >= 4 is 17.4 Å². The molecule has 3 rings (SSSR count). The van der Waals surface area contributed by atoms with Crippen molar-refractivity contribution in [1.29, 1.82) is 0 Å². The van der Waals surface area contributed by atoms with Crippen LogP contribution < -0.4 is 9.47 Å². The summed E-state index contributed by atoms with van der Waals surface area (Å²) in [6.45, 7) is 4.85. The lowest BCUT2D eigenvalue weighted by molar-refractivity contribution is 0.103. The van der Waals surface area contributed by atoms with E-state index >= 15 is 0 Å². The third-order valence-electron chi connectivity index (χ3n) is 3.51. The molecule has 108 valence electrons. The Labute approximate surface area is 128 Å². The average Bonchev–Trinajstić information content (AvgIpc) is 2.48. The summed E-state index contributed by atoms with van der Waals surface area (Å²) in [4.78, 5) is 12.7. The first-order valence-electron chi connectivity index (χ1n) is 6.77. The van der Waals surface area contributed by atoms with Crippen LogP contribution in [0.15, 0.2) is 30.3 Å². The van der Waals surface area contributed by atoms with E-state index in [1.54, 1.807) is 12.1 Å². The Hall–Kier alpha value is -2.00. The second-order valence-electron chi connectivity index (χ2n) is 5.12. The number of aryl methyl sites for hydroxylation is 2. The SMILES string of the molecule is Cc1ccc(C)c(C(=O)c2cc3c(cc2Cl)OCCO3)c1. The smallest absolute Gasteiger partial charge is 0.194 e. The van der Waals surface area contributed by atoms with Crippen LogP contribution in [0.25, 0.3) is 0 Å². The van der Waals surface area contributed by atoms with Gasteiger partial charge in [0, 0.05) is 17.2 Å². The van der Waals surface area contributed by atoms with Crippen LogP contribution in [0.4, 0.5) is 0 Å². The highest BCUT2D eigenvalue weighted by Crippen LogP contribution is 2.36. The van der Waals surface area contributed by atoms with Crippen LogP contribution in [-0.4, -0.2) is 19.0 Å². The molecule has 2 aromatic carbocycles. The number of benzene rings is 2. The largest absolute Gasteiger partial charge is 0.486 e. The zero-order chi connectivity index (χ0) is 15.0. The Morgan fingerprint density at radius 2 is 1.67 bits per heavy atom. The van der Waals surface area contributed by atoms with Crippen LogP contribution in [0.1, 0.15) is 27.0 Å². The predicted octanol–water partition coefficient (Wildman–Crippen LogP) is 3.96. The summed E-state index contributed by atoms with van der Waals surface area (Å²) in [5, 5.41) is 0.380. The van der Waals surface area contributed by atoms with Crippen molar-refractivity contribution in [3.8, 4) is 11.5 Å². The van der Waals surface area contributed by atoms with E-state index in [1.807, 2.05) is 32.0 Å². The van der Waals surface area contributed by atoms with E-state index in [0.717, 1.165) is 11.1 Å². The Morgan fingerprint density at radius 3 is 2.38 bits per heavy atom. The van der Waals surface area contributed by atoms with Crippen LogP contribution in [0.2, 0.25) is 5.02 Å². The molecule has 0 radical (unpaired) electrons. The first-order valence-corrected chi connectivity index (χ1v) is 7.15. The normalized spacial score (nSPS) is 13.1. The van der Waals surface area contributed by atoms with E-state index in [4.69, 9.17) is 21.1 Å². The quantitative estimate of drug-likeness (QED) is 0.788. The third kappa shape index (κ3) is 2.61. The molecule has 0 aliphatic carbocycles. The molecular weight excluding hydrogens is 288 g/mol. The Balaban J connectivity index is 2.07. The minimum Gasteiger partial charge on any atom is -0.486 e. The van der Waals surface area contributed by atoms with Crippen LogP contribution in [0.3, 0.4) is 0 Å². The molecule has 2 aromatic rings. The standard InChI is InChI=1S/C17H15ClO3/c1-10-3-4-11(2)12(7-10)17(19)13-8-15-16(9-14(13)18)21-6-5-20-15/h3-4,7-9H,5-6H2,1-2H3. The molecular formula is C17H15ClO3. The van der Waals surface area contributed by atoms with Gasteiger partial charge < -0.3 is 9.47 Å². The lowest BCUT2D eigenvalue weighted by Gasteiger charge is -2.19. The minimum atomic E-state index is -0.0989. The van der Waals surface area contributed by atoms with Gasteiger partial charge in [-0.25, -0.2) is 0 Å². The molecule has 0 bridgehead atoms. The zero-order valence-corrected chi connectivity index (χ0v) is 12.7. The molecule has 3 nitrogen and oxygen atoms in total. The summed E-state index contributed by atoms with van der Waals surface area (Å²) < 4.78 is 11.0. The summed E-state index contributed by atoms with van der Waals surface area (Å²) in [7, 11) is 0. The second kappa shape index (κ2) is 5.41. The molecule has 0 fully saturated rings. The van der Waals surface area contributed by atoms with Gasteiger partial charge in [0.15, 0.2) is 17.3 Å². The lowest BCUT2D eigenvalue weighted by Crippen LogP contribution is -2.16. The lowest BCUT2D eigenvalue weighted by atomic mass is 9.97. The van der Waals surface area contributed by atoms with Crippen molar-refractivity contribution in [1.82, 2.24) is 0 Å². The molecule has 0 amide bonds. The van der Waals surface area contributed by atoms with Gasteiger partial charge in [0.25, 0.3) is 0 Å². The molecule has 0 atom stereocenters. The van der Waals surface area contributed by atoms with Gasteiger partial charge >= 0.3 is 0 Å². The van der Waals surface area contributed by atoms with Crippen molar-refractivity contribution in [3.63, 3.8) is 0 Å². The number of carbonyl (C=O) groups is 1. The van der Waals surface area contributed by atoms with Crippen LogP contribution >= 0.6 is 11.6 Å². The minimum absolute atomic E-state index is 0.0989. The van der Waals surface area contributed by atoms with Crippen LogP contribution in [0, 0.1) is 13.8 Å². The Morgan fingerprint density at radius 1 is 1.00 bits per heavy atom. The number of ketones is 1. The van der Waals surface area contributed by atoms with Gasteiger partial charge in [-0.3, -0.25) is 4.79 Å². The molecule has 1 aliphatic heterocycles. The molecule has 21 heavy (non-hydrogen) atoms. The van der Waals surface area contributed by atoms with E-state index < -0.39 is 0 Å². The van der Waals surface area contributed by atoms with Crippen LogP contribution in [0.5, 0.6) is 11.5 Å². The van der Waals surface area contributed by atoms with E-state index in [2.05, 4.69) is 0 Å². The number of fused-ring (bicyclic) bond motifs is 1. The van der Waals surface area contributed by atoms with Gasteiger partial charge in [-0.15, -0.1) is 0 Å². The predicted molar refractivity (Wildman–Crippen MR) is 81.8 cm³/mol.